The number of aromatic nitrogens is 1. The Morgan fingerprint density at radius 2 is 1.94 bits per heavy atom. The summed E-state index contributed by atoms with van der Waals surface area (Å²) in [5.74, 6) is -1.16. The second kappa shape index (κ2) is 3.88. The third-order valence-electron chi connectivity index (χ3n) is 2.95. The van der Waals surface area contributed by atoms with Gasteiger partial charge in [-0.05, 0) is 18.3 Å². The van der Waals surface area contributed by atoms with Gasteiger partial charge in [-0.2, -0.15) is 0 Å². The van der Waals surface area contributed by atoms with Crippen LogP contribution in [0.3, 0.4) is 0 Å². The van der Waals surface area contributed by atoms with E-state index >= 15 is 0 Å². The van der Waals surface area contributed by atoms with Crippen molar-refractivity contribution in [1.29, 1.82) is 0 Å². The van der Waals surface area contributed by atoms with Gasteiger partial charge in [0.2, 0.25) is 0 Å². The first kappa shape index (κ1) is 11.1. The highest BCUT2D eigenvalue weighted by Crippen LogP contribution is 2.44. The number of anilines is 2. The Kier molecular flexibility index (Phi) is 2.69. The molecule has 5 heteroatoms. The van der Waals surface area contributed by atoms with Gasteiger partial charge in [-0.15, -0.1) is 0 Å². The molecule has 1 fully saturated rings. The van der Waals surface area contributed by atoms with Crippen molar-refractivity contribution in [2.45, 2.75) is 19.8 Å². The number of halogens is 2. The zero-order chi connectivity index (χ0) is 11.8. The molecule has 0 saturated heterocycles. The van der Waals surface area contributed by atoms with Crippen molar-refractivity contribution >= 4 is 11.6 Å². The van der Waals surface area contributed by atoms with E-state index in [9.17, 15) is 8.78 Å². The van der Waals surface area contributed by atoms with Crippen LogP contribution >= 0.6 is 0 Å². The SMILES string of the molecule is CNc1nc(NCC2(C)CC2)c(F)cc1F. The average molecular weight is 227 g/mol. The molecule has 88 valence electrons. The minimum Gasteiger partial charge on any atom is -0.371 e. The molecule has 0 aromatic carbocycles. The molecular formula is C11H15F2N3. The van der Waals surface area contributed by atoms with Gasteiger partial charge < -0.3 is 10.6 Å². The Morgan fingerprint density at radius 3 is 2.50 bits per heavy atom. The summed E-state index contributed by atoms with van der Waals surface area (Å²) in [5, 5.41) is 5.51. The lowest BCUT2D eigenvalue weighted by Crippen LogP contribution is -2.14. The predicted molar refractivity (Wildman–Crippen MR) is 59.5 cm³/mol. The highest BCUT2D eigenvalue weighted by Gasteiger charge is 2.37. The molecule has 0 aliphatic heterocycles. The van der Waals surface area contributed by atoms with Crippen LogP contribution in [0.25, 0.3) is 0 Å². The fourth-order valence-corrected chi connectivity index (χ4v) is 1.45. The van der Waals surface area contributed by atoms with Gasteiger partial charge in [0.05, 0.1) is 0 Å². The van der Waals surface area contributed by atoms with Crippen LogP contribution in [-0.4, -0.2) is 18.6 Å². The van der Waals surface area contributed by atoms with Gasteiger partial charge in [-0.25, -0.2) is 13.8 Å². The monoisotopic (exact) mass is 227 g/mol. The Balaban J connectivity index is 2.13. The third-order valence-corrected chi connectivity index (χ3v) is 2.95. The zero-order valence-corrected chi connectivity index (χ0v) is 9.40. The highest BCUT2D eigenvalue weighted by molar-refractivity contribution is 5.47. The van der Waals surface area contributed by atoms with Crippen LogP contribution in [0.4, 0.5) is 20.4 Å². The maximum Gasteiger partial charge on any atom is 0.168 e. The molecule has 0 bridgehead atoms. The summed E-state index contributed by atoms with van der Waals surface area (Å²) in [6.07, 6.45) is 2.28. The quantitative estimate of drug-likeness (QED) is 0.830. The van der Waals surface area contributed by atoms with Crippen LogP contribution < -0.4 is 10.6 Å². The molecule has 0 radical (unpaired) electrons. The summed E-state index contributed by atoms with van der Waals surface area (Å²) in [7, 11) is 1.55. The number of rotatable bonds is 4. The van der Waals surface area contributed by atoms with Gasteiger partial charge in [-0.3, -0.25) is 0 Å². The fourth-order valence-electron chi connectivity index (χ4n) is 1.45. The Hall–Kier alpha value is -1.39. The lowest BCUT2D eigenvalue weighted by Gasteiger charge is -2.12. The van der Waals surface area contributed by atoms with E-state index < -0.39 is 11.6 Å². The number of hydrogen-bond acceptors (Lipinski definition) is 3. The Morgan fingerprint density at radius 1 is 1.31 bits per heavy atom. The smallest absolute Gasteiger partial charge is 0.168 e. The summed E-state index contributed by atoms with van der Waals surface area (Å²) in [6.45, 7) is 2.80. The summed E-state index contributed by atoms with van der Waals surface area (Å²) in [6, 6.07) is 0.844. The maximum atomic E-state index is 13.4. The first-order chi connectivity index (χ1) is 7.54. The summed E-state index contributed by atoms with van der Waals surface area (Å²) in [5.41, 5.74) is 0.252. The van der Waals surface area contributed by atoms with E-state index in [-0.39, 0.29) is 17.1 Å². The predicted octanol–water partition coefficient (Wildman–Crippen LogP) is 2.61. The minimum atomic E-state index is -0.678. The van der Waals surface area contributed by atoms with Crippen LogP contribution in [0.2, 0.25) is 0 Å². The third kappa shape index (κ3) is 2.23. The highest BCUT2D eigenvalue weighted by atomic mass is 19.1. The second-order valence-corrected chi connectivity index (χ2v) is 4.56. The van der Waals surface area contributed by atoms with Crippen LogP contribution in [0.15, 0.2) is 6.07 Å². The lowest BCUT2D eigenvalue weighted by molar-refractivity contribution is 0.570. The van der Waals surface area contributed by atoms with Gasteiger partial charge in [0.25, 0.3) is 0 Å². The molecule has 0 atom stereocenters. The molecule has 2 N–H and O–H groups in total. The van der Waals surface area contributed by atoms with Crippen molar-refractivity contribution in [3.63, 3.8) is 0 Å². The van der Waals surface area contributed by atoms with Crippen molar-refractivity contribution in [3.05, 3.63) is 17.7 Å². The molecule has 1 saturated carbocycles. The van der Waals surface area contributed by atoms with Crippen molar-refractivity contribution in [1.82, 2.24) is 4.98 Å². The molecular weight excluding hydrogens is 212 g/mol. The van der Waals surface area contributed by atoms with E-state index in [1.165, 1.54) is 0 Å². The molecule has 3 nitrogen and oxygen atoms in total. The molecule has 1 aromatic heterocycles. The van der Waals surface area contributed by atoms with Crippen LogP contribution in [0.1, 0.15) is 19.8 Å². The molecule has 1 heterocycles. The van der Waals surface area contributed by atoms with Crippen molar-refractivity contribution in [2.24, 2.45) is 5.41 Å². The maximum absolute atomic E-state index is 13.4. The van der Waals surface area contributed by atoms with E-state index in [2.05, 4.69) is 22.5 Å². The topological polar surface area (TPSA) is 37.0 Å². The Bertz CT molecular complexity index is 402. The molecule has 0 amide bonds. The van der Waals surface area contributed by atoms with Crippen molar-refractivity contribution in [2.75, 3.05) is 24.2 Å². The number of nitrogens with one attached hydrogen (secondary N) is 2. The fraction of sp³-hybridized carbons (Fsp3) is 0.545. The molecule has 0 unspecified atom stereocenters. The van der Waals surface area contributed by atoms with Crippen LogP contribution in [0.5, 0.6) is 0 Å². The summed E-state index contributed by atoms with van der Waals surface area (Å²) >= 11 is 0. The van der Waals surface area contributed by atoms with E-state index in [4.69, 9.17) is 0 Å². The van der Waals surface area contributed by atoms with Crippen molar-refractivity contribution < 1.29 is 8.78 Å². The van der Waals surface area contributed by atoms with Crippen LogP contribution in [0, 0.1) is 17.0 Å². The van der Waals surface area contributed by atoms with E-state index in [0.29, 0.717) is 6.54 Å². The van der Waals surface area contributed by atoms with E-state index in [1.807, 2.05) is 0 Å². The first-order valence-corrected chi connectivity index (χ1v) is 5.32. The van der Waals surface area contributed by atoms with E-state index in [1.54, 1.807) is 7.05 Å². The molecule has 16 heavy (non-hydrogen) atoms. The summed E-state index contributed by atoms with van der Waals surface area (Å²) in [4.78, 5) is 3.85. The zero-order valence-electron chi connectivity index (χ0n) is 9.40. The van der Waals surface area contributed by atoms with Gasteiger partial charge in [-0.1, -0.05) is 6.92 Å². The normalized spacial score (nSPS) is 17.0. The number of hydrogen-bond donors (Lipinski definition) is 2. The number of pyridine rings is 1. The minimum absolute atomic E-state index is 0.0600. The second-order valence-electron chi connectivity index (χ2n) is 4.56. The molecule has 1 aromatic rings. The largest absolute Gasteiger partial charge is 0.371 e. The van der Waals surface area contributed by atoms with Gasteiger partial charge in [0.1, 0.15) is 0 Å². The standard InChI is InChI=1S/C11H15F2N3/c1-11(3-4-11)6-15-10-8(13)5-7(12)9(14-2)16-10/h5H,3-4,6H2,1-2H3,(H2,14,15,16). The van der Waals surface area contributed by atoms with Crippen LogP contribution in [-0.2, 0) is 0 Å². The van der Waals surface area contributed by atoms with Crippen molar-refractivity contribution in [3.8, 4) is 0 Å². The summed E-state index contributed by atoms with van der Waals surface area (Å²) < 4.78 is 26.5. The molecule has 2 rings (SSSR count). The first-order valence-electron chi connectivity index (χ1n) is 5.32. The average Bonchev–Trinajstić information content (AvgIpc) is 2.96. The molecule has 0 spiro atoms. The van der Waals surface area contributed by atoms with Gasteiger partial charge in [0.15, 0.2) is 23.3 Å². The Labute approximate surface area is 93.3 Å². The lowest BCUT2D eigenvalue weighted by atomic mass is 10.1. The van der Waals surface area contributed by atoms with E-state index in [0.717, 1.165) is 18.9 Å². The van der Waals surface area contributed by atoms with Gasteiger partial charge >= 0.3 is 0 Å². The molecule has 1 aliphatic rings. The van der Waals surface area contributed by atoms with Gasteiger partial charge in [0, 0.05) is 19.7 Å². The number of nitrogens with zero attached hydrogens (tertiary/aromatic N) is 1. The molecule has 1 aliphatic carbocycles.